The second-order valence-electron chi connectivity index (χ2n) is 11.2. The molecule has 37 heavy (non-hydrogen) atoms. The van der Waals surface area contributed by atoms with Crippen LogP contribution >= 0.6 is 0 Å². The standard InChI is InChI=1S/3C9H13FNSi.Ce/c3*1-12(2,3)11-9-7-5-4-6-8(9)10;/h3*4-7H,1-3H3;/q3*-1;+3. The predicted molar refractivity (Wildman–Crippen MR) is 158 cm³/mol. The number of rotatable bonds is 6. The minimum absolute atomic E-state index is 0. The molecule has 0 aliphatic heterocycles. The molecule has 3 aromatic carbocycles. The summed E-state index contributed by atoms with van der Waals surface area (Å²) >= 11 is 0. The fourth-order valence-electron chi connectivity index (χ4n) is 2.71. The molecule has 0 heterocycles. The van der Waals surface area contributed by atoms with E-state index in [-0.39, 0.29) is 59.2 Å². The van der Waals surface area contributed by atoms with Crippen molar-refractivity contribution in [2.75, 3.05) is 0 Å². The van der Waals surface area contributed by atoms with Gasteiger partial charge in [0.2, 0.25) is 0 Å². The van der Waals surface area contributed by atoms with Crippen LogP contribution in [0.25, 0.3) is 14.9 Å². The molecule has 3 aromatic rings. The fourth-order valence-corrected chi connectivity index (χ4v) is 5.42. The van der Waals surface area contributed by atoms with Crippen molar-refractivity contribution < 1.29 is 54.9 Å². The second-order valence-corrected chi connectivity index (χ2v) is 24.9. The predicted octanol–water partition coefficient (Wildman–Crippen LogP) is 11.0. The Morgan fingerprint density at radius 3 is 0.757 bits per heavy atom. The fraction of sp³-hybridized carbons (Fsp3) is 0.333. The normalized spacial score (nSPS) is 11.0. The van der Waals surface area contributed by atoms with Crippen molar-refractivity contribution in [3.8, 4) is 0 Å². The zero-order valence-electron chi connectivity index (χ0n) is 23.4. The Morgan fingerprint density at radius 2 is 0.595 bits per heavy atom. The zero-order chi connectivity index (χ0) is 27.6. The summed E-state index contributed by atoms with van der Waals surface area (Å²) in [5.41, 5.74) is 1.49. The van der Waals surface area contributed by atoms with Crippen molar-refractivity contribution in [2.45, 2.75) is 58.9 Å². The van der Waals surface area contributed by atoms with Crippen LogP contribution in [0.3, 0.4) is 0 Å². The third-order valence-corrected chi connectivity index (χ3v) is 6.66. The molecule has 0 atom stereocenters. The number of benzene rings is 3. The molecule has 0 fully saturated rings. The van der Waals surface area contributed by atoms with E-state index in [4.69, 9.17) is 0 Å². The van der Waals surface area contributed by atoms with Crippen LogP contribution in [0.4, 0.5) is 30.2 Å². The summed E-state index contributed by atoms with van der Waals surface area (Å²) in [6.45, 7) is 18.7. The van der Waals surface area contributed by atoms with Crippen LogP contribution in [0, 0.1) is 59.2 Å². The second kappa shape index (κ2) is 16.1. The molecule has 10 heteroatoms. The molecule has 0 spiro atoms. The van der Waals surface area contributed by atoms with E-state index in [9.17, 15) is 13.2 Å². The zero-order valence-corrected chi connectivity index (χ0v) is 29.5. The van der Waals surface area contributed by atoms with E-state index >= 15 is 0 Å². The van der Waals surface area contributed by atoms with E-state index in [1.54, 1.807) is 36.4 Å². The van der Waals surface area contributed by atoms with Crippen LogP contribution in [-0.2, 0) is 0 Å². The van der Waals surface area contributed by atoms with Gasteiger partial charge in [-0.2, -0.15) is 0 Å². The minimum Gasteiger partial charge on any atom is -0.685 e. The smallest absolute Gasteiger partial charge is 0.685 e. The summed E-state index contributed by atoms with van der Waals surface area (Å²) in [5, 5.41) is 0. The molecule has 0 bridgehead atoms. The summed E-state index contributed by atoms with van der Waals surface area (Å²) in [6, 6.07) is 19.9. The Morgan fingerprint density at radius 1 is 0.405 bits per heavy atom. The molecule has 0 amide bonds. The number of hydrogen-bond acceptors (Lipinski definition) is 0. The van der Waals surface area contributed by atoms with E-state index in [1.807, 2.05) is 18.2 Å². The molecule has 0 aliphatic carbocycles. The summed E-state index contributed by atoms with van der Waals surface area (Å²) in [5.74, 6) is -0.667. The number of halogens is 3. The van der Waals surface area contributed by atoms with Crippen molar-refractivity contribution >= 4 is 41.8 Å². The van der Waals surface area contributed by atoms with Crippen LogP contribution < -0.4 is 0 Å². The van der Waals surface area contributed by atoms with Gasteiger partial charge < -0.3 is 14.9 Å². The molecule has 1 radical (unpaired) electrons. The Balaban J connectivity index is 0.000000518. The van der Waals surface area contributed by atoms with Gasteiger partial charge in [0.1, 0.15) is 17.5 Å². The van der Waals surface area contributed by atoms with Crippen LogP contribution in [0.15, 0.2) is 72.8 Å². The largest absolute Gasteiger partial charge is 3.00 e. The quantitative estimate of drug-likeness (QED) is 0.232. The number of hydrogen-bond donors (Lipinski definition) is 0. The van der Waals surface area contributed by atoms with Gasteiger partial charge in [0.05, 0.1) is 0 Å². The molecule has 0 saturated carbocycles. The van der Waals surface area contributed by atoms with E-state index in [1.165, 1.54) is 18.2 Å². The molecule has 0 aliphatic rings. The Labute approximate surface area is 258 Å². The summed E-state index contributed by atoms with van der Waals surface area (Å²) in [6.07, 6.45) is 0. The molecular weight excluding hydrogens is 648 g/mol. The third kappa shape index (κ3) is 17.2. The Bertz CT molecular complexity index is 946. The van der Waals surface area contributed by atoms with Gasteiger partial charge in [0, 0.05) is 0 Å². The van der Waals surface area contributed by atoms with Gasteiger partial charge in [-0.15, -0.1) is 17.1 Å². The van der Waals surface area contributed by atoms with Crippen molar-refractivity contribution in [1.82, 2.24) is 0 Å². The maximum Gasteiger partial charge on any atom is 3.00 e. The van der Waals surface area contributed by atoms with Crippen molar-refractivity contribution in [2.24, 2.45) is 0 Å². The van der Waals surface area contributed by atoms with Crippen LogP contribution in [0.1, 0.15) is 0 Å². The summed E-state index contributed by atoms with van der Waals surface area (Å²) in [4.78, 5) is 13.1. The summed E-state index contributed by atoms with van der Waals surface area (Å²) < 4.78 is 39.1. The molecular formula is C27H39CeF3N3Si3. The maximum atomic E-state index is 13.0. The van der Waals surface area contributed by atoms with Gasteiger partial charge in [0.15, 0.2) is 0 Å². The maximum absolute atomic E-state index is 13.0. The Kier molecular flexibility index (Phi) is 15.6. The molecule has 199 valence electrons. The average Bonchev–Trinajstić information content (AvgIpc) is 2.71. The van der Waals surface area contributed by atoms with Crippen molar-refractivity contribution in [1.29, 1.82) is 0 Å². The van der Waals surface area contributed by atoms with Crippen molar-refractivity contribution in [3.63, 3.8) is 0 Å². The molecule has 0 N–H and O–H groups in total. The first kappa shape index (κ1) is 35.9. The van der Waals surface area contributed by atoms with Gasteiger partial charge in [0.25, 0.3) is 0 Å². The van der Waals surface area contributed by atoms with E-state index in [0.717, 1.165) is 0 Å². The minimum atomic E-state index is -1.54. The van der Waals surface area contributed by atoms with Gasteiger partial charge in [-0.25, -0.2) is 13.2 Å². The SMILES string of the molecule is C[Si](C)(C)[N-]c1ccccc1F.C[Si](C)(C)[N-]c1ccccc1F.C[Si](C)(C)[N-]c1ccccc1F.[Ce+3]. The van der Waals surface area contributed by atoms with E-state index < -0.39 is 24.7 Å². The monoisotopic (exact) mass is 686 g/mol. The van der Waals surface area contributed by atoms with Gasteiger partial charge in [-0.05, 0) is 42.9 Å². The third-order valence-electron chi connectivity index (χ3n) is 3.92. The van der Waals surface area contributed by atoms with Gasteiger partial charge >= 0.3 is 41.7 Å². The van der Waals surface area contributed by atoms with E-state index in [0.29, 0.717) is 17.1 Å². The first-order valence-corrected chi connectivity index (χ1v) is 22.2. The molecule has 0 saturated heterocycles. The number of nitrogens with zero attached hydrogens (tertiary/aromatic N) is 3. The first-order chi connectivity index (χ1) is 16.5. The first-order valence-electron chi connectivity index (χ1n) is 11.9. The average molecular weight is 687 g/mol. The van der Waals surface area contributed by atoms with Crippen LogP contribution in [0.5, 0.6) is 0 Å². The molecule has 0 unspecified atom stereocenters. The topological polar surface area (TPSA) is 42.3 Å². The summed E-state index contributed by atoms with van der Waals surface area (Å²) in [7, 11) is -4.63. The van der Waals surface area contributed by atoms with Crippen LogP contribution in [-0.4, -0.2) is 24.7 Å². The van der Waals surface area contributed by atoms with Gasteiger partial charge in [-0.1, -0.05) is 114 Å². The van der Waals surface area contributed by atoms with Gasteiger partial charge in [-0.3, -0.25) is 0 Å². The van der Waals surface area contributed by atoms with E-state index in [2.05, 4.69) is 73.9 Å². The van der Waals surface area contributed by atoms with Crippen LogP contribution in [0.2, 0.25) is 58.9 Å². The molecule has 3 rings (SSSR count). The molecule has 0 aromatic heterocycles. The molecule has 3 nitrogen and oxygen atoms in total. The Hall–Kier alpha value is -1.12. The van der Waals surface area contributed by atoms with Crippen molar-refractivity contribution in [3.05, 3.63) is 105 Å².